The molecule has 1 aliphatic rings. The number of rotatable bonds is 6. The van der Waals surface area contributed by atoms with Crippen LogP contribution in [-0.4, -0.2) is 54.9 Å². The predicted octanol–water partition coefficient (Wildman–Crippen LogP) is 1.99. The Balaban J connectivity index is 1.90. The topological polar surface area (TPSA) is 59.0 Å². The summed E-state index contributed by atoms with van der Waals surface area (Å²) < 4.78 is 11.1. The fourth-order valence-electron chi connectivity index (χ4n) is 3.07. The standard InChI is InChI=1S/C18H27NO4/c1-12-7-13(2)14(3)17(8-12)23-6-5-18(21)19-10-16(22-4)9-15(19)11-20/h7-8,15-16,20H,5-6,9-11H2,1-4H3/t15-,16-/m0/s1. The molecule has 2 rings (SSSR count). The van der Waals surface area contributed by atoms with Gasteiger partial charge in [-0.05, 0) is 49.9 Å². The summed E-state index contributed by atoms with van der Waals surface area (Å²) in [6.45, 7) is 6.98. The van der Waals surface area contributed by atoms with Crippen molar-refractivity contribution in [1.82, 2.24) is 4.90 Å². The van der Waals surface area contributed by atoms with Crippen LogP contribution in [0.5, 0.6) is 5.75 Å². The first-order chi connectivity index (χ1) is 11.0. The number of aryl methyl sites for hydroxylation is 2. The third-order valence-corrected chi connectivity index (χ3v) is 4.58. The molecule has 23 heavy (non-hydrogen) atoms. The molecule has 0 aliphatic carbocycles. The van der Waals surface area contributed by atoms with E-state index in [-0.39, 0.29) is 24.7 Å². The Labute approximate surface area is 138 Å². The lowest BCUT2D eigenvalue weighted by molar-refractivity contribution is -0.133. The lowest BCUT2D eigenvalue weighted by Crippen LogP contribution is -2.38. The quantitative estimate of drug-likeness (QED) is 0.870. The molecule has 1 heterocycles. The van der Waals surface area contributed by atoms with E-state index >= 15 is 0 Å². The van der Waals surface area contributed by atoms with Crippen LogP contribution in [0.15, 0.2) is 12.1 Å². The average Bonchev–Trinajstić information content (AvgIpc) is 2.95. The fraction of sp³-hybridized carbons (Fsp3) is 0.611. The molecule has 2 atom stereocenters. The molecular weight excluding hydrogens is 294 g/mol. The van der Waals surface area contributed by atoms with Gasteiger partial charge in [-0.1, -0.05) is 6.07 Å². The highest BCUT2D eigenvalue weighted by atomic mass is 16.5. The molecule has 1 aromatic carbocycles. The largest absolute Gasteiger partial charge is 0.493 e. The van der Waals surface area contributed by atoms with Gasteiger partial charge in [0.2, 0.25) is 5.91 Å². The number of amides is 1. The Kier molecular flexibility index (Phi) is 6.02. The molecule has 5 heteroatoms. The van der Waals surface area contributed by atoms with Crippen molar-refractivity contribution in [2.24, 2.45) is 0 Å². The molecule has 1 aliphatic heterocycles. The second kappa shape index (κ2) is 7.79. The maximum Gasteiger partial charge on any atom is 0.226 e. The molecule has 1 N–H and O–H groups in total. The third-order valence-electron chi connectivity index (χ3n) is 4.58. The van der Waals surface area contributed by atoms with Gasteiger partial charge in [0, 0.05) is 13.7 Å². The Bertz CT molecular complexity index is 558. The van der Waals surface area contributed by atoms with Crippen molar-refractivity contribution in [3.8, 4) is 5.75 Å². The molecule has 1 fully saturated rings. The first kappa shape index (κ1) is 17.8. The minimum absolute atomic E-state index is 0.00521. The summed E-state index contributed by atoms with van der Waals surface area (Å²) in [5.41, 5.74) is 3.45. The maximum absolute atomic E-state index is 12.4. The number of benzene rings is 1. The van der Waals surface area contributed by atoms with Gasteiger partial charge in [-0.25, -0.2) is 0 Å². The highest BCUT2D eigenvalue weighted by molar-refractivity contribution is 5.77. The third kappa shape index (κ3) is 4.24. The van der Waals surface area contributed by atoms with E-state index in [0.717, 1.165) is 16.9 Å². The lowest BCUT2D eigenvalue weighted by atomic mass is 10.1. The Hall–Kier alpha value is -1.59. The van der Waals surface area contributed by atoms with Crippen LogP contribution in [0.25, 0.3) is 0 Å². The molecule has 0 radical (unpaired) electrons. The Morgan fingerprint density at radius 3 is 2.74 bits per heavy atom. The van der Waals surface area contributed by atoms with Gasteiger partial charge in [-0.15, -0.1) is 0 Å². The van der Waals surface area contributed by atoms with Crippen molar-refractivity contribution in [3.63, 3.8) is 0 Å². The number of ether oxygens (including phenoxy) is 2. The monoisotopic (exact) mass is 321 g/mol. The van der Waals surface area contributed by atoms with E-state index in [9.17, 15) is 9.90 Å². The summed E-state index contributed by atoms with van der Waals surface area (Å²) in [5, 5.41) is 9.42. The molecule has 1 saturated heterocycles. The summed E-state index contributed by atoms with van der Waals surface area (Å²) in [4.78, 5) is 14.1. The lowest BCUT2D eigenvalue weighted by Gasteiger charge is -2.23. The van der Waals surface area contributed by atoms with Gasteiger partial charge < -0.3 is 19.5 Å². The number of aliphatic hydroxyl groups excluding tert-OH is 1. The van der Waals surface area contributed by atoms with Crippen LogP contribution in [0.2, 0.25) is 0 Å². The van der Waals surface area contributed by atoms with Gasteiger partial charge in [0.15, 0.2) is 0 Å². The summed E-state index contributed by atoms with van der Waals surface area (Å²) in [5.74, 6) is 0.843. The summed E-state index contributed by atoms with van der Waals surface area (Å²) >= 11 is 0. The molecule has 0 spiro atoms. The number of methoxy groups -OCH3 is 1. The van der Waals surface area contributed by atoms with Crippen LogP contribution in [0.3, 0.4) is 0 Å². The minimum atomic E-state index is -0.143. The number of aliphatic hydroxyl groups is 1. The van der Waals surface area contributed by atoms with Gasteiger partial charge in [0.1, 0.15) is 5.75 Å². The highest BCUT2D eigenvalue weighted by Gasteiger charge is 2.34. The first-order valence-electron chi connectivity index (χ1n) is 8.10. The van der Waals surface area contributed by atoms with Crippen molar-refractivity contribution >= 4 is 5.91 Å². The Morgan fingerprint density at radius 1 is 1.35 bits per heavy atom. The maximum atomic E-state index is 12.4. The van der Waals surface area contributed by atoms with Crippen LogP contribution in [0.1, 0.15) is 29.5 Å². The molecule has 0 saturated carbocycles. The molecular formula is C18H27NO4. The van der Waals surface area contributed by atoms with Crippen molar-refractivity contribution in [2.45, 2.75) is 45.8 Å². The second-order valence-electron chi connectivity index (χ2n) is 6.28. The molecule has 128 valence electrons. The minimum Gasteiger partial charge on any atom is -0.493 e. The number of hydrogen-bond donors (Lipinski definition) is 1. The van der Waals surface area contributed by atoms with Crippen molar-refractivity contribution < 1.29 is 19.4 Å². The number of carbonyl (C=O) groups excluding carboxylic acids is 1. The van der Waals surface area contributed by atoms with Crippen LogP contribution in [-0.2, 0) is 9.53 Å². The first-order valence-corrected chi connectivity index (χ1v) is 8.10. The second-order valence-corrected chi connectivity index (χ2v) is 6.28. The molecule has 5 nitrogen and oxygen atoms in total. The molecule has 0 unspecified atom stereocenters. The van der Waals surface area contributed by atoms with E-state index in [4.69, 9.17) is 9.47 Å². The summed E-state index contributed by atoms with van der Waals surface area (Å²) in [7, 11) is 1.64. The van der Waals surface area contributed by atoms with Gasteiger partial charge in [-0.2, -0.15) is 0 Å². The van der Waals surface area contributed by atoms with Crippen molar-refractivity contribution in [3.05, 3.63) is 28.8 Å². The van der Waals surface area contributed by atoms with Crippen LogP contribution < -0.4 is 4.74 Å². The fourth-order valence-corrected chi connectivity index (χ4v) is 3.07. The van der Waals surface area contributed by atoms with Crippen molar-refractivity contribution in [1.29, 1.82) is 0 Å². The zero-order valence-corrected chi connectivity index (χ0v) is 14.5. The number of likely N-dealkylation sites (tertiary alicyclic amines) is 1. The molecule has 1 amide bonds. The molecule has 1 aromatic rings. The van der Waals surface area contributed by atoms with E-state index < -0.39 is 0 Å². The smallest absolute Gasteiger partial charge is 0.226 e. The zero-order valence-electron chi connectivity index (χ0n) is 14.5. The van der Waals surface area contributed by atoms with E-state index in [0.29, 0.717) is 26.0 Å². The normalized spacial score (nSPS) is 20.8. The Morgan fingerprint density at radius 2 is 2.09 bits per heavy atom. The number of hydrogen-bond acceptors (Lipinski definition) is 4. The predicted molar refractivity (Wildman–Crippen MR) is 88.8 cm³/mol. The van der Waals surface area contributed by atoms with E-state index in [2.05, 4.69) is 13.0 Å². The van der Waals surface area contributed by atoms with E-state index in [1.54, 1.807) is 12.0 Å². The van der Waals surface area contributed by atoms with Crippen molar-refractivity contribution in [2.75, 3.05) is 26.9 Å². The van der Waals surface area contributed by atoms with Gasteiger partial charge in [-0.3, -0.25) is 4.79 Å². The van der Waals surface area contributed by atoms with Crippen LogP contribution in [0.4, 0.5) is 0 Å². The molecule has 0 bridgehead atoms. The molecule has 0 aromatic heterocycles. The summed E-state index contributed by atoms with van der Waals surface area (Å²) in [6.07, 6.45) is 1.01. The van der Waals surface area contributed by atoms with Crippen LogP contribution in [0, 0.1) is 20.8 Å². The highest BCUT2D eigenvalue weighted by Crippen LogP contribution is 2.24. The van der Waals surface area contributed by atoms with Gasteiger partial charge in [0.25, 0.3) is 0 Å². The van der Waals surface area contributed by atoms with Crippen LogP contribution >= 0.6 is 0 Å². The van der Waals surface area contributed by atoms with Gasteiger partial charge >= 0.3 is 0 Å². The summed E-state index contributed by atoms with van der Waals surface area (Å²) in [6, 6.07) is 3.98. The van der Waals surface area contributed by atoms with Gasteiger partial charge in [0.05, 0.1) is 31.8 Å². The SMILES string of the molecule is CO[C@H]1C[C@@H](CO)N(C(=O)CCOc2cc(C)cc(C)c2C)C1. The van der Waals surface area contributed by atoms with E-state index in [1.807, 2.05) is 19.9 Å². The zero-order chi connectivity index (χ0) is 17.0. The number of carbonyl (C=O) groups is 1. The van der Waals surface area contributed by atoms with E-state index in [1.165, 1.54) is 5.56 Å². The average molecular weight is 321 g/mol. The number of nitrogens with zero attached hydrogens (tertiary/aromatic N) is 1.